The van der Waals surface area contributed by atoms with Crippen molar-refractivity contribution in [1.82, 2.24) is 14.5 Å². The van der Waals surface area contributed by atoms with Crippen molar-refractivity contribution < 1.29 is 20.1 Å². The first-order valence-electron chi connectivity index (χ1n) is 6.76. The summed E-state index contributed by atoms with van der Waals surface area (Å²) in [6.07, 6.45) is -1.68. The third-order valence-electron chi connectivity index (χ3n) is 3.85. The molecule has 0 saturated carbocycles. The van der Waals surface area contributed by atoms with Crippen LogP contribution in [0.3, 0.4) is 0 Å². The molecule has 0 unspecified atom stereocenters. The lowest BCUT2D eigenvalue weighted by Crippen LogP contribution is -2.33. The maximum Gasteiger partial charge on any atom is 0.164 e. The minimum atomic E-state index is -1.28. The number of nitrogens with two attached hydrogens (primary N) is 3. The molecule has 4 atom stereocenters. The fourth-order valence-corrected chi connectivity index (χ4v) is 2.68. The number of aliphatic hydroxyl groups is 3. The van der Waals surface area contributed by atoms with Crippen LogP contribution in [0.15, 0.2) is 17.6 Å². The molecular formula is C12H17N7O4. The number of fused-ring (bicyclic) bond motifs is 1. The Labute approximate surface area is 130 Å². The molecule has 9 N–H and O–H groups in total. The van der Waals surface area contributed by atoms with Crippen LogP contribution >= 0.6 is 0 Å². The fraction of sp³-hybridized carbons (Fsp3) is 0.417. The van der Waals surface area contributed by atoms with Gasteiger partial charge in [-0.3, -0.25) is 0 Å². The molecule has 124 valence electrons. The molecule has 0 radical (unpaired) electrons. The van der Waals surface area contributed by atoms with Crippen LogP contribution in [0, 0.1) is 0 Å². The van der Waals surface area contributed by atoms with Crippen molar-refractivity contribution in [2.75, 3.05) is 12.3 Å². The second-order valence-electron chi connectivity index (χ2n) is 5.15. The average Bonchev–Trinajstić information content (AvgIpc) is 3.07. The number of aliphatic hydroxyl groups excluding tert-OH is 3. The van der Waals surface area contributed by atoms with Gasteiger partial charge in [0.2, 0.25) is 0 Å². The number of nitrogens with zero attached hydrogens (tertiary/aromatic N) is 4. The van der Waals surface area contributed by atoms with E-state index in [0.717, 1.165) is 0 Å². The van der Waals surface area contributed by atoms with Gasteiger partial charge in [-0.25, -0.2) is 9.97 Å². The summed E-state index contributed by atoms with van der Waals surface area (Å²) >= 11 is 0. The Balaban J connectivity index is 2.18. The first-order chi connectivity index (χ1) is 11.0. The molecule has 0 aromatic carbocycles. The van der Waals surface area contributed by atoms with Crippen LogP contribution in [-0.2, 0) is 4.74 Å². The smallest absolute Gasteiger partial charge is 0.164 e. The second-order valence-corrected chi connectivity index (χ2v) is 5.15. The van der Waals surface area contributed by atoms with Crippen molar-refractivity contribution in [3.05, 3.63) is 18.1 Å². The molecule has 1 fully saturated rings. The van der Waals surface area contributed by atoms with E-state index in [-0.39, 0.29) is 11.7 Å². The van der Waals surface area contributed by atoms with Gasteiger partial charge in [0.1, 0.15) is 36.1 Å². The van der Waals surface area contributed by atoms with E-state index in [4.69, 9.17) is 22.0 Å². The molecule has 1 saturated heterocycles. The van der Waals surface area contributed by atoms with Gasteiger partial charge in [-0.2, -0.15) is 5.10 Å². The Hall–Kier alpha value is -2.47. The van der Waals surface area contributed by atoms with Crippen LogP contribution in [0.2, 0.25) is 0 Å². The molecule has 0 bridgehead atoms. The third-order valence-corrected chi connectivity index (χ3v) is 3.85. The van der Waals surface area contributed by atoms with E-state index in [1.54, 1.807) is 0 Å². The maximum absolute atomic E-state index is 10.2. The molecule has 2 aromatic rings. The first-order valence-corrected chi connectivity index (χ1v) is 6.76. The zero-order valence-corrected chi connectivity index (χ0v) is 11.9. The highest BCUT2D eigenvalue weighted by molar-refractivity contribution is 6.11. The van der Waals surface area contributed by atoms with E-state index in [2.05, 4.69) is 15.1 Å². The van der Waals surface area contributed by atoms with Crippen molar-refractivity contribution in [2.45, 2.75) is 24.5 Å². The lowest BCUT2D eigenvalue weighted by atomic mass is 10.1. The summed E-state index contributed by atoms with van der Waals surface area (Å²) in [7, 11) is 0. The number of hydrogen-bond donors (Lipinski definition) is 6. The van der Waals surface area contributed by atoms with Crippen molar-refractivity contribution in [3.63, 3.8) is 0 Å². The van der Waals surface area contributed by atoms with Crippen LogP contribution in [0.4, 0.5) is 5.82 Å². The molecule has 11 heteroatoms. The Morgan fingerprint density at radius 3 is 2.70 bits per heavy atom. The summed E-state index contributed by atoms with van der Waals surface area (Å²) in [6, 6.07) is 0. The Morgan fingerprint density at radius 1 is 1.35 bits per heavy atom. The molecular weight excluding hydrogens is 306 g/mol. The van der Waals surface area contributed by atoms with E-state index in [9.17, 15) is 15.3 Å². The summed E-state index contributed by atoms with van der Waals surface area (Å²) < 4.78 is 6.94. The molecule has 3 rings (SSSR count). The summed E-state index contributed by atoms with van der Waals surface area (Å²) in [5.41, 5.74) is 12.3. The number of ether oxygens (including phenoxy) is 1. The van der Waals surface area contributed by atoms with E-state index in [0.29, 0.717) is 16.6 Å². The van der Waals surface area contributed by atoms with Gasteiger partial charge in [0.25, 0.3) is 0 Å². The molecule has 0 aliphatic carbocycles. The third kappa shape index (κ3) is 2.26. The lowest BCUT2D eigenvalue weighted by Gasteiger charge is -2.17. The standard InChI is InChI=1S/C12H17N7O4/c13-9(18-15)4-1-19(11-6(4)10(14)16-3-17-11)12-8(22)7(21)5(2-20)23-12/h1,3,5,7-8,12,20-22H,2,15H2,(H2,13,18)(H2,14,16,17)/t5-,7-,8-,12-/m1/s1. The molecule has 1 aliphatic rings. The van der Waals surface area contributed by atoms with Crippen molar-refractivity contribution in [3.8, 4) is 0 Å². The van der Waals surface area contributed by atoms with Gasteiger partial charge in [-0.1, -0.05) is 0 Å². The normalized spacial score (nSPS) is 28.6. The Bertz CT molecular complexity index is 761. The molecule has 0 amide bonds. The molecule has 1 aliphatic heterocycles. The van der Waals surface area contributed by atoms with Gasteiger partial charge in [0, 0.05) is 11.8 Å². The number of aromatic nitrogens is 3. The van der Waals surface area contributed by atoms with E-state index < -0.39 is 31.1 Å². The molecule has 23 heavy (non-hydrogen) atoms. The van der Waals surface area contributed by atoms with Crippen molar-refractivity contribution in [1.29, 1.82) is 0 Å². The van der Waals surface area contributed by atoms with E-state index >= 15 is 0 Å². The van der Waals surface area contributed by atoms with Crippen LogP contribution < -0.4 is 17.3 Å². The summed E-state index contributed by atoms with van der Waals surface area (Å²) in [5.74, 6) is 5.38. The number of amidine groups is 1. The summed E-state index contributed by atoms with van der Waals surface area (Å²) in [6.45, 7) is -0.440. The zero-order valence-electron chi connectivity index (χ0n) is 11.9. The second kappa shape index (κ2) is 5.62. The van der Waals surface area contributed by atoms with Crippen LogP contribution in [0.1, 0.15) is 11.8 Å². The largest absolute Gasteiger partial charge is 0.394 e. The SMILES string of the molecule is NN=C(N)c1cn([C@@H]2O[C@H](CO)[C@@H](O)[C@H]2O)c2ncnc(N)c12. The minimum Gasteiger partial charge on any atom is -0.394 e. The zero-order chi connectivity index (χ0) is 16.7. The van der Waals surface area contributed by atoms with Crippen molar-refractivity contribution in [2.24, 2.45) is 16.7 Å². The predicted molar refractivity (Wildman–Crippen MR) is 79.9 cm³/mol. The number of nitrogen functional groups attached to an aromatic ring is 1. The minimum absolute atomic E-state index is 0.00185. The van der Waals surface area contributed by atoms with E-state index in [1.165, 1.54) is 17.1 Å². The Morgan fingerprint density at radius 2 is 2.09 bits per heavy atom. The highest BCUT2D eigenvalue weighted by atomic mass is 16.6. The van der Waals surface area contributed by atoms with Gasteiger partial charge >= 0.3 is 0 Å². The molecule has 0 spiro atoms. The maximum atomic E-state index is 10.2. The number of rotatable bonds is 3. The van der Waals surface area contributed by atoms with Crippen LogP contribution in [0.25, 0.3) is 11.0 Å². The van der Waals surface area contributed by atoms with Crippen LogP contribution in [0.5, 0.6) is 0 Å². The first kappa shape index (κ1) is 15.4. The number of hydrogen-bond acceptors (Lipinski definition) is 9. The molecule has 11 nitrogen and oxygen atoms in total. The lowest BCUT2D eigenvalue weighted by molar-refractivity contribution is -0.0508. The van der Waals surface area contributed by atoms with Gasteiger partial charge in [-0.05, 0) is 0 Å². The highest BCUT2D eigenvalue weighted by Gasteiger charge is 2.44. The van der Waals surface area contributed by atoms with Gasteiger partial charge in [0.05, 0.1) is 12.0 Å². The highest BCUT2D eigenvalue weighted by Crippen LogP contribution is 2.34. The Kier molecular flexibility index (Phi) is 3.77. The average molecular weight is 323 g/mol. The molecule has 2 aromatic heterocycles. The predicted octanol–water partition coefficient (Wildman–Crippen LogP) is -2.80. The number of hydrazone groups is 1. The monoisotopic (exact) mass is 323 g/mol. The van der Waals surface area contributed by atoms with Crippen LogP contribution in [-0.4, -0.2) is 60.6 Å². The van der Waals surface area contributed by atoms with Gasteiger partial charge < -0.3 is 41.9 Å². The molecule has 3 heterocycles. The van der Waals surface area contributed by atoms with E-state index in [1.807, 2.05) is 0 Å². The summed E-state index contributed by atoms with van der Waals surface area (Å²) in [4.78, 5) is 8.02. The number of anilines is 1. The fourth-order valence-electron chi connectivity index (χ4n) is 2.68. The van der Waals surface area contributed by atoms with Gasteiger partial charge in [0.15, 0.2) is 12.1 Å². The topological polar surface area (TPSA) is 191 Å². The summed E-state index contributed by atoms with van der Waals surface area (Å²) in [5, 5.41) is 33.1. The van der Waals surface area contributed by atoms with Gasteiger partial charge in [-0.15, -0.1) is 0 Å². The van der Waals surface area contributed by atoms with Crippen molar-refractivity contribution >= 4 is 22.7 Å². The quantitative estimate of drug-likeness (QED) is 0.150.